The first-order valence-electron chi connectivity index (χ1n) is 7.55. The van der Waals surface area contributed by atoms with Crippen molar-refractivity contribution in [3.63, 3.8) is 0 Å². The van der Waals surface area contributed by atoms with Crippen LogP contribution in [0.15, 0.2) is 47.0 Å². The van der Waals surface area contributed by atoms with Crippen LogP contribution in [0.3, 0.4) is 0 Å². The van der Waals surface area contributed by atoms with Crippen molar-refractivity contribution in [1.82, 2.24) is 15.0 Å². The Morgan fingerprint density at radius 2 is 1.84 bits per heavy atom. The van der Waals surface area contributed by atoms with Crippen molar-refractivity contribution in [2.75, 3.05) is 7.05 Å². The standard InChI is InChI=1S/C18H15Cl2N3O2/c1-11-5-3-6-12(9-11)17-21-15(25-22-17)10-23(2)18(24)16-13(19)7-4-8-14(16)20/h3-9H,10H2,1-2H3. The minimum atomic E-state index is -0.314. The third kappa shape index (κ3) is 3.83. The molecule has 7 heteroatoms. The zero-order chi connectivity index (χ0) is 18.0. The molecule has 3 aromatic rings. The number of amides is 1. The summed E-state index contributed by atoms with van der Waals surface area (Å²) in [5, 5.41) is 4.57. The summed E-state index contributed by atoms with van der Waals surface area (Å²) >= 11 is 12.2. The number of benzene rings is 2. The fourth-order valence-corrected chi connectivity index (χ4v) is 2.95. The minimum Gasteiger partial charge on any atom is -0.337 e. The first kappa shape index (κ1) is 17.5. The molecule has 0 aliphatic heterocycles. The van der Waals surface area contributed by atoms with Crippen LogP contribution in [-0.2, 0) is 6.54 Å². The molecule has 0 saturated heterocycles. The van der Waals surface area contributed by atoms with E-state index in [1.165, 1.54) is 4.90 Å². The van der Waals surface area contributed by atoms with Crippen LogP contribution < -0.4 is 0 Å². The topological polar surface area (TPSA) is 59.2 Å². The number of nitrogens with zero attached hydrogens (tertiary/aromatic N) is 3. The third-order valence-electron chi connectivity index (χ3n) is 3.64. The fourth-order valence-electron chi connectivity index (χ4n) is 2.39. The molecule has 3 rings (SSSR count). The van der Waals surface area contributed by atoms with Crippen molar-refractivity contribution in [2.24, 2.45) is 0 Å². The van der Waals surface area contributed by atoms with Crippen molar-refractivity contribution in [2.45, 2.75) is 13.5 Å². The Balaban J connectivity index is 1.78. The Kier molecular flexibility index (Phi) is 5.06. The molecule has 1 heterocycles. The zero-order valence-electron chi connectivity index (χ0n) is 13.7. The first-order valence-corrected chi connectivity index (χ1v) is 8.30. The summed E-state index contributed by atoms with van der Waals surface area (Å²) in [4.78, 5) is 18.4. The average Bonchev–Trinajstić information content (AvgIpc) is 3.03. The molecule has 128 valence electrons. The van der Waals surface area contributed by atoms with Gasteiger partial charge < -0.3 is 9.42 Å². The second kappa shape index (κ2) is 7.25. The molecule has 0 fully saturated rings. The molecule has 1 aromatic heterocycles. The SMILES string of the molecule is Cc1cccc(-c2noc(CN(C)C(=O)c3c(Cl)cccc3Cl)n2)c1. The maximum absolute atomic E-state index is 12.6. The summed E-state index contributed by atoms with van der Waals surface area (Å²) in [6.45, 7) is 2.14. The van der Waals surface area contributed by atoms with Gasteiger partial charge in [-0.05, 0) is 25.1 Å². The van der Waals surface area contributed by atoms with Crippen molar-refractivity contribution in [3.8, 4) is 11.4 Å². The zero-order valence-corrected chi connectivity index (χ0v) is 15.2. The minimum absolute atomic E-state index is 0.152. The third-order valence-corrected chi connectivity index (χ3v) is 4.27. The van der Waals surface area contributed by atoms with E-state index in [1.807, 2.05) is 31.2 Å². The summed E-state index contributed by atoms with van der Waals surface area (Å²) < 4.78 is 5.26. The number of carbonyl (C=O) groups is 1. The highest BCUT2D eigenvalue weighted by Crippen LogP contribution is 2.26. The Labute approximate surface area is 155 Å². The van der Waals surface area contributed by atoms with Crippen LogP contribution in [0.5, 0.6) is 0 Å². The van der Waals surface area contributed by atoms with Crippen molar-refractivity contribution in [3.05, 3.63) is 69.5 Å². The van der Waals surface area contributed by atoms with E-state index >= 15 is 0 Å². The highest BCUT2D eigenvalue weighted by atomic mass is 35.5. The van der Waals surface area contributed by atoms with Gasteiger partial charge in [0.1, 0.15) is 0 Å². The smallest absolute Gasteiger partial charge is 0.257 e. The van der Waals surface area contributed by atoms with Crippen LogP contribution in [-0.4, -0.2) is 28.0 Å². The molecule has 0 saturated carbocycles. The molecule has 1 amide bonds. The van der Waals surface area contributed by atoms with E-state index in [9.17, 15) is 4.79 Å². The Hall–Kier alpha value is -2.37. The van der Waals surface area contributed by atoms with Gasteiger partial charge in [0.25, 0.3) is 5.91 Å². The van der Waals surface area contributed by atoms with E-state index < -0.39 is 0 Å². The molecule has 0 aliphatic carbocycles. The molecule has 5 nitrogen and oxygen atoms in total. The Bertz CT molecular complexity index is 904. The first-order chi connectivity index (χ1) is 12.0. The van der Waals surface area contributed by atoms with Crippen LogP contribution in [0.2, 0.25) is 10.0 Å². The number of hydrogen-bond acceptors (Lipinski definition) is 4. The van der Waals surface area contributed by atoms with Crippen LogP contribution >= 0.6 is 23.2 Å². The van der Waals surface area contributed by atoms with Gasteiger partial charge in [-0.2, -0.15) is 4.98 Å². The maximum atomic E-state index is 12.6. The molecule has 0 bridgehead atoms. The quantitative estimate of drug-likeness (QED) is 0.667. The lowest BCUT2D eigenvalue weighted by Crippen LogP contribution is -2.27. The second-order valence-electron chi connectivity index (χ2n) is 5.64. The van der Waals surface area contributed by atoms with E-state index in [2.05, 4.69) is 10.1 Å². The van der Waals surface area contributed by atoms with E-state index in [4.69, 9.17) is 27.7 Å². The van der Waals surface area contributed by atoms with Gasteiger partial charge in [-0.3, -0.25) is 4.79 Å². The van der Waals surface area contributed by atoms with Gasteiger partial charge in [0.05, 0.1) is 22.2 Å². The summed E-state index contributed by atoms with van der Waals surface area (Å²) in [6, 6.07) is 12.7. The number of carbonyl (C=O) groups excluding carboxylic acids is 1. The van der Waals surface area contributed by atoms with E-state index in [0.717, 1.165) is 11.1 Å². The van der Waals surface area contributed by atoms with Gasteiger partial charge in [-0.1, -0.05) is 58.2 Å². The lowest BCUT2D eigenvalue weighted by atomic mass is 10.1. The van der Waals surface area contributed by atoms with Gasteiger partial charge >= 0.3 is 0 Å². The van der Waals surface area contributed by atoms with Gasteiger partial charge in [-0.15, -0.1) is 0 Å². The molecule has 0 radical (unpaired) electrons. The van der Waals surface area contributed by atoms with Gasteiger partial charge in [0.15, 0.2) is 0 Å². The predicted octanol–water partition coefficient (Wildman–Crippen LogP) is 4.62. The number of aryl methyl sites for hydroxylation is 1. The fraction of sp³-hybridized carbons (Fsp3) is 0.167. The van der Waals surface area contributed by atoms with Gasteiger partial charge in [0, 0.05) is 12.6 Å². The number of halogens is 2. The van der Waals surface area contributed by atoms with Gasteiger partial charge in [-0.25, -0.2) is 0 Å². The number of rotatable bonds is 4. The molecule has 25 heavy (non-hydrogen) atoms. The number of aromatic nitrogens is 2. The van der Waals surface area contributed by atoms with Gasteiger partial charge in [0.2, 0.25) is 11.7 Å². The highest BCUT2D eigenvalue weighted by Gasteiger charge is 2.20. The molecule has 0 aliphatic rings. The Morgan fingerprint density at radius 1 is 1.16 bits per heavy atom. The Morgan fingerprint density at radius 3 is 2.52 bits per heavy atom. The lowest BCUT2D eigenvalue weighted by molar-refractivity contribution is 0.0770. The molecule has 0 spiro atoms. The monoisotopic (exact) mass is 375 g/mol. The second-order valence-corrected chi connectivity index (χ2v) is 6.45. The van der Waals surface area contributed by atoms with E-state index in [1.54, 1.807) is 25.2 Å². The number of hydrogen-bond donors (Lipinski definition) is 0. The van der Waals surface area contributed by atoms with Crippen LogP contribution in [0.25, 0.3) is 11.4 Å². The largest absolute Gasteiger partial charge is 0.337 e. The molecule has 0 atom stereocenters. The molecular weight excluding hydrogens is 361 g/mol. The molecule has 0 unspecified atom stereocenters. The summed E-state index contributed by atoms with van der Waals surface area (Å²) in [5.74, 6) is 0.497. The maximum Gasteiger partial charge on any atom is 0.257 e. The average molecular weight is 376 g/mol. The van der Waals surface area contributed by atoms with Crippen molar-refractivity contribution >= 4 is 29.1 Å². The van der Waals surface area contributed by atoms with Crippen molar-refractivity contribution < 1.29 is 9.32 Å². The van der Waals surface area contributed by atoms with E-state index in [-0.39, 0.29) is 18.0 Å². The summed E-state index contributed by atoms with van der Waals surface area (Å²) in [7, 11) is 1.62. The highest BCUT2D eigenvalue weighted by molar-refractivity contribution is 6.39. The van der Waals surface area contributed by atoms with Crippen LogP contribution in [0.4, 0.5) is 0 Å². The molecular formula is C18H15Cl2N3O2. The predicted molar refractivity (Wildman–Crippen MR) is 96.7 cm³/mol. The van der Waals surface area contributed by atoms with Crippen LogP contribution in [0.1, 0.15) is 21.8 Å². The lowest BCUT2D eigenvalue weighted by Gasteiger charge is -2.16. The van der Waals surface area contributed by atoms with Crippen molar-refractivity contribution in [1.29, 1.82) is 0 Å². The van der Waals surface area contributed by atoms with Crippen LogP contribution in [0, 0.1) is 6.92 Å². The van der Waals surface area contributed by atoms with E-state index in [0.29, 0.717) is 21.8 Å². The summed E-state index contributed by atoms with van der Waals surface area (Å²) in [6.07, 6.45) is 0. The molecule has 0 N–H and O–H groups in total. The summed E-state index contributed by atoms with van der Waals surface area (Å²) in [5.41, 5.74) is 2.22. The normalized spacial score (nSPS) is 10.7. The molecule has 2 aromatic carbocycles.